The number of rotatable bonds is 3. The van der Waals surface area contributed by atoms with Crippen LogP contribution in [-0.4, -0.2) is 11.9 Å². The van der Waals surface area contributed by atoms with Crippen LogP contribution < -0.4 is 11.1 Å². The number of nitrogens with two attached hydrogens (primary N) is 1. The molecule has 0 aliphatic rings. The average Bonchev–Trinajstić information content (AvgIpc) is 2.33. The Balaban J connectivity index is 0.00000106. The summed E-state index contributed by atoms with van der Waals surface area (Å²) in [6, 6.07) is 7.22. The van der Waals surface area contributed by atoms with E-state index in [0.29, 0.717) is 6.42 Å². The van der Waals surface area contributed by atoms with Crippen LogP contribution in [0.1, 0.15) is 32.8 Å². The summed E-state index contributed by atoms with van der Waals surface area (Å²) in [4.78, 5) is 11.5. The normalized spacial score (nSPS) is 11.1. The van der Waals surface area contributed by atoms with E-state index in [2.05, 4.69) is 5.32 Å². The topological polar surface area (TPSA) is 55.1 Å². The van der Waals surface area contributed by atoms with Gasteiger partial charge in [0.1, 0.15) is 0 Å². The number of anilines is 1. The number of aryl methyl sites for hydroxylation is 1. The Morgan fingerprint density at radius 3 is 2.44 bits per heavy atom. The zero-order valence-electron chi connectivity index (χ0n) is 10.6. The zero-order chi connectivity index (χ0) is 12.6. The lowest BCUT2D eigenvalue weighted by molar-refractivity contribution is -0.117. The molecule has 0 aliphatic heterocycles. The van der Waals surface area contributed by atoms with Crippen molar-refractivity contribution < 1.29 is 4.79 Å². The van der Waals surface area contributed by atoms with Crippen LogP contribution in [0, 0.1) is 6.92 Å². The predicted molar refractivity (Wildman–Crippen MR) is 69.4 cm³/mol. The molecule has 0 spiro atoms. The minimum atomic E-state index is -0.422. The summed E-state index contributed by atoms with van der Waals surface area (Å²) in [5.41, 5.74) is 7.48. The van der Waals surface area contributed by atoms with E-state index < -0.39 is 6.04 Å². The smallest absolute Gasteiger partial charge is 0.241 e. The van der Waals surface area contributed by atoms with Crippen molar-refractivity contribution in [2.45, 2.75) is 40.2 Å². The third-order valence-corrected chi connectivity index (χ3v) is 2.18. The molecule has 1 rings (SSSR count). The van der Waals surface area contributed by atoms with E-state index in [1.165, 1.54) is 0 Å². The van der Waals surface area contributed by atoms with Crippen molar-refractivity contribution in [2.24, 2.45) is 5.73 Å². The number of para-hydroxylation sites is 1. The minimum absolute atomic E-state index is 0.123. The molecule has 0 radical (unpaired) electrons. The monoisotopic (exact) mass is 222 g/mol. The van der Waals surface area contributed by atoms with Crippen LogP contribution in [0.5, 0.6) is 0 Å². The predicted octanol–water partition coefficient (Wildman–Crippen LogP) is 2.70. The molecular weight excluding hydrogens is 200 g/mol. The van der Waals surface area contributed by atoms with E-state index in [1.807, 2.05) is 52.0 Å². The van der Waals surface area contributed by atoms with E-state index in [-0.39, 0.29) is 5.91 Å². The van der Waals surface area contributed by atoms with Gasteiger partial charge in [-0.15, -0.1) is 0 Å². The highest BCUT2D eigenvalue weighted by Gasteiger charge is 2.11. The fraction of sp³-hybridized carbons (Fsp3) is 0.462. The first-order chi connectivity index (χ1) is 7.65. The van der Waals surface area contributed by atoms with Gasteiger partial charge >= 0.3 is 0 Å². The van der Waals surface area contributed by atoms with Crippen LogP contribution in [0.25, 0.3) is 0 Å². The van der Waals surface area contributed by atoms with Crippen molar-refractivity contribution >= 4 is 11.6 Å². The summed E-state index contributed by atoms with van der Waals surface area (Å²) < 4.78 is 0. The molecule has 1 aromatic carbocycles. The second-order valence-corrected chi connectivity index (χ2v) is 3.32. The second-order valence-electron chi connectivity index (χ2n) is 3.32. The van der Waals surface area contributed by atoms with Crippen molar-refractivity contribution in [3.05, 3.63) is 29.8 Å². The molecule has 3 N–H and O–H groups in total. The molecule has 0 saturated carbocycles. The number of nitrogens with one attached hydrogen (secondary N) is 1. The number of carbonyl (C=O) groups is 1. The second kappa shape index (κ2) is 7.88. The summed E-state index contributed by atoms with van der Waals surface area (Å²) in [6.07, 6.45) is 0.651. The van der Waals surface area contributed by atoms with Crippen molar-refractivity contribution in [1.82, 2.24) is 0 Å². The first kappa shape index (κ1) is 14.6. The lowest BCUT2D eigenvalue weighted by Gasteiger charge is -2.11. The molecule has 3 heteroatoms. The van der Waals surface area contributed by atoms with Crippen molar-refractivity contribution in [3.8, 4) is 0 Å². The molecule has 1 amide bonds. The fourth-order valence-electron chi connectivity index (χ4n) is 1.12. The van der Waals surface area contributed by atoms with Crippen LogP contribution in [0.2, 0.25) is 0 Å². The maximum absolute atomic E-state index is 11.5. The molecular formula is C13H22N2O. The first-order valence-corrected chi connectivity index (χ1v) is 5.77. The Morgan fingerprint density at radius 1 is 1.38 bits per heavy atom. The Morgan fingerprint density at radius 2 is 1.94 bits per heavy atom. The molecule has 0 aliphatic carbocycles. The summed E-state index contributed by atoms with van der Waals surface area (Å²) in [5.74, 6) is -0.123. The van der Waals surface area contributed by atoms with Gasteiger partial charge in [-0.1, -0.05) is 39.0 Å². The van der Waals surface area contributed by atoms with Gasteiger partial charge < -0.3 is 11.1 Å². The van der Waals surface area contributed by atoms with Crippen LogP contribution >= 0.6 is 0 Å². The Bertz CT molecular complexity index is 323. The molecule has 1 atom stereocenters. The fourth-order valence-corrected chi connectivity index (χ4v) is 1.12. The molecule has 3 nitrogen and oxygen atoms in total. The summed E-state index contributed by atoms with van der Waals surface area (Å²) >= 11 is 0. The van der Waals surface area contributed by atoms with E-state index in [1.54, 1.807) is 0 Å². The third-order valence-electron chi connectivity index (χ3n) is 2.18. The number of benzene rings is 1. The van der Waals surface area contributed by atoms with E-state index in [4.69, 9.17) is 5.73 Å². The minimum Gasteiger partial charge on any atom is -0.324 e. The highest BCUT2D eigenvalue weighted by molar-refractivity contribution is 5.95. The highest BCUT2D eigenvalue weighted by Crippen LogP contribution is 2.13. The quantitative estimate of drug-likeness (QED) is 0.826. The van der Waals surface area contributed by atoms with Gasteiger partial charge in [-0.3, -0.25) is 4.79 Å². The van der Waals surface area contributed by atoms with Crippen LogP contribution in [0.3, 0.4) is 0 Å². The Labute approximate surface area is 98.0 Å². The summed E-state index contributed by atoms with van der Waals surface area (Å²) in [5, 5.41) is 2.80. The van der Waals surface area contributed by atoms with Gasteiger partial charge in [-0.05, 0) is 25.0 Å². The lowest BCUT2D eigenvalue weighted by atomic mass is 10.2. The number of carbonyl (C=O) groups excluding carboxylic acids is 1. The summed E-state index contributed by atoms with van der Waals surface area (Å²) in [6.45, 7) is 7.84. The van der Waals surface area contributed by atoms with Gasteiger partial charge in [-0.2, -0.15) is 0 Å². The molecule has 0 saturated heterocycles. The maximum Gasteiger partial charge on any atom is 0.241 e. The molecule has 90 valence electrons. The van der Waals surface area contributed by atoms with E-state index >= 15 is 0 Å². The van der Waals surface area contributed by atoms with Crippen molar-refractivity contribution in [2.75, 3.05) is 5.32 Å². The molecule has 1 aromatic rings. The van der Waals surface area contributed by atoms with Gasteiger partial charge in [-0.25, -0.2) is 0 Å². The molecule has 0 heterocycles. The van der Waals surface area contributed by atoms with Gasteiger partial charge in [0.15, 0.2) is 0 Å². The summed E-state index contributed by atoms with van der Waals surface area (Å²) in [7, 11) is 0. The third kappa shape index (κ3) is 4.45. The van der Waals surface area contributed by atoms with Gasteiger partial charge in [0, 0.05) is 5.69 Å². The number of hydrogen-bond acceptors (Lipinski definition) is 2. The van der Waals surface area contributed by atoms with Crippen LogP contribution in [-0.2, 0) is 4.79 Å². The largest absolute Gasteiger partial charge is 0.324 e. The molecule has 0 aromatic heterocycles. The van der Waals surface area contributed by atoms with Crippen molar-refractivity contribution in [3.63, 3.8) is 0 Å². The average molecular weight is 222 g/mol. The first-order valence-electron chi connectivity index (χ1n) is 5.77. The van der Waals surface area contributed by atoms with Crippen molar-refractivity contribution in [1.29, 1.82) is 0 Å². The number of amides is 1. The Hall–Kier alpha value is -1.35. The molecule has 0 fully saturated rings. The van der Waals surface area contributed by atoms with Crippen LogP contribution in [0.4, 0.5) is 5.69 Å². The molecule has 1 unspecified atom stereocenters. The van der Waals surface area contributed by atoms with Gasteiger partial charge in [0.2, 0.25) is 5.91 Å². The van der Waals surface area contributed by atoms with Gasteiger partial charge in [0.25, 0.3) is 0 Å². The maximum atomic E-state index is 11.5. The Kier molecular flexibility index (Phi) is 7.21. The van der Waals surface area contributed by atoms with E-state index in [9.17, 15) is 4.79 Å². The van der Waals surface area contributed by atoms with Crippen LogP contribution in [0.15, 0.2) is 24.3 Å². The zero-order valence-corrected chi connectivity index (χ0v) is 10.6. The highest BCUT2D eigenvalue weighted by atomic mass is 16.2. The SMILES string of the molecule is CC.CCC(N)C(=O)Nc1ccccc1C. The molecule has 16 heavy (non-hydrogen) atoms. The number of hydrogen-bond donors (Lipinski definition) is 2. The lowest BCUT2D eigenvalue weighted by Crippen LogP contribution is -2.34. The van der Waals surface area contributed by atoms with Gasteiger partial charge in [0.05, 0.1) is 6.04 Å². The standard InChI is InChI=1S/C11H16N2O.C2H6/c1-3-9(12)11(14)13-10-7-5-4-6-8(10)2;1-2/h4-7,9H,3,12H2,1-2H3,(H,13,14);1-2H3. The van der Waals surface area contributed by atoms with E-state index in [0.717, 1.165) is 11.3 Å². The molecule has 0 bridgehead atoms.